The van der Waals surface area contributed by atoms with Crippen molar-refractivity contribution in [2.75, 3.05) is 25.1 Å². The number of amidine groups is 1. The Hall–Kier alpha value is -3.73. The number of carbonyl (C=O) groups is 3. The minimum atomic E-state index is -3.60. The summed E-state index contributed by atoms with van der Waals surface area (Å²) in [5.41, 5.74) is 1.16. The first-order valence-corrected chi connectivity index (χ1v) is 11.2. The topological polar surface area (TPSA) is 140 Å². The van der Waals surface area contributed by atoms with Crippen LogP contribution in [0.1, 0.15) is 28.8 Å². The Bertz CT molecular complexity index is 1240. The van der Waals surface area contributed by atoms with Crippen LogP contribution in [0.15, 0.2) is 52.4 Å². The number of Topliss-reactive ketones (excluding diaryl/α,β-unsaturated/α-hetero) is 1. The number of sulfonamides is 1. The van der Waals surface area contributed by atoms with Crippen LogP contribution in [0.4, 0.5) is 5.69 Å². The van der Waals surface area contributed by atoms with E-state index in [1.54, 1.807) is 24.3 Å². The third-order valence-electron chi connectivity index (χ3n) is 4.77. The van der Waals surface area contributed by atoms with E-state index in [9.17, 15) is 22.8 Å². The average Bonchev–Trinajstić information content (AvgIpc) is 3.04. The summed E-state index contributed by atoms with van der Waals surface area (Å²) < 4.78 is 36.7. The fourth-order valence-corrected chi connectivity index (χ4v) is 4.47. The molecule has 4 rings (SSSR count). The highest BCUT2D eigenvalue weighted by Crippen LogP contribution is 2.28. The third kappa shape index (κ3) is 4.62. The van der Waals surface area contributed by atoms with E-state index in [-0.39, 0.29) is 41.8 Å². The van der Waals surface area contributed by atoms with Gasteiger partial charge in [0.15, 0.2) is 19.0 Å². The first-order valence-electron chi connectivity index (χ1n) is 9.76. The molecule has 11 heteroatoms. The molecule has 32 heavy (non-hydrogen) atoms. The summed E-state index contributed by atoms with van der Waals surface area (Å²) in [5, 5.41) is 2.61. The van der Waals surface area contributed by atoms with Gasteiger partial charge in [-0.2, -0.15) is 0 Å². The molecule has 2 aromatic carbocycles. The van der Waals surface area contributed by atoms with Crippen LogP contribution in [0.2, 0.25) is 0 Å². The van der Waals surface area contributed by atoms with Gasteiger partial charge >= 0.3 is 5.97 Å². The second-order valence-corrected chi connectivity index (χ2v) is 8.72. The lowest BCUT2D eigenvalue weighted by Gasteiger charge is -2.18. The highest BCUT2D eigenvalue weighted by molar-refractivity contribution is 7.90. The zero-order valence-corrected chi connectivity index (χ0v) is 17.6. The number of nitrogens with one attached hydrogen (secondary N) is 2. The number of nitrogens with zero attached hydrogens (tertiary/aromatic N) is 1. The minimum Gasteiger partial charge on any atom is -0.482 e. The smallest absolute Gasteiger partial charge is 0.306 e. The molecule has 2 aliphatic rings. The standard InChI is InChI=1S/C21H19N3O7S/c25-16(13-7-8-17-15(10-13)23-19(26)12-30-17)11-31-20(27)6-3-9-22-21-14-4-1-2-5-18(14)32(28,29)24-21/h1-2,4-5,7-8,10H,3,6,9,11-12H2,(H,22,24)(H,23,26). The van der Waals surface area contributed by atoms with Crippen molar-refractivity contribution in [3.05, 3.63) is 53.6 Å². The van der Waals surface area contributed by atoms with Gasteiger partial charge in [0.2, 0.25) is 0 Å². The van der Waals surface area contributed by atoms with Gasteiger partial charge in [-0.3, -0.25) is 24.1 Å². The molecule has 1 amide bonds. The van der Waals surface area contributed by atoms with E-state index in [0.717, 1.165) is 0 Å². The van der Waals surface area contributed by atoms with Gasteiger partial charge in [0.05, 0.1) is 10.6 Å². The summed E-state index contributed by atoms with van der Waals surface area (Å²) in [6.45, 7) is -0.310. The maximum absolute atomic E-state index is 12.3. The van der Waals surface area contributed by atoms with Crippen molar-refractivity contribution >= 4 is 39.2 Å². The number of rotatable bonds is 7. The van der Waals surface area contributed by atoms with E-state index in [2.05, 4.69) is 15.0 Å². The molecule has 0 fully saturated rings. The number of hydrogen-bond acceptors (Lipinski definition) is 8. The van der Waals surface area contributed by atoms with Gasteiger partial charge in [-0.25, -0.2) is 8.42 Å². The lowest BCUT2D eigenvalue weighted by molar-refractivity contribution is -0.142. The molecule has 2 N–H and O–H groups in total. The number of anilines is 1. The molecule has 0 unspecified atom stereocenters. The number of carbonyl (C=O) groups excluding carboxylic acids is 3. The van der Waals surface area contributed by atoms with Crippen LogP contribution in [-0.2, 0) is 24.3 Å². The molecule has 0 spiro atoms. The Balaban J connectivity index is 1.25. The maximum Gasteiger partial charge on any atom is 0.306 e. The van der Waals surface area contributed by atoms with E-state index in [1.807, 2.05) is 0 Å². The lowest BCUT2D eigenvalue weighted by atomic mass is 10.1. The van der Waals surface area contributed by atoms with Crippen LogP contribution < -0.4 is 14.8 Å². The van der Waals surface area contributed by atoms with Gasteiger partial charge in [0.25, 0.3) is 15.9 Å². The van der Waals surface area contributed by atoms with Gasteiger partial charge in [-0.05, 0) is 36.8 Å². The number of aliphatic imine (C=N–C) groups is 1. The second-order valence-electron chi connectivity index (χ2n) is 7.07. The zero-order valence-electron chi connectivity index (χ0n) is 16.8. The highest BCUT2D eigenvalue weighted by Gasteiger charge is 2.29. The average molecular weight is 457 g/mol. The number of fused-ring (bicyclic) bond motifs is 2. The third-order valence-corrected chi connectivity index (χ3v) is 6.17. The van der Waals surface area contributed by atoms with Crippen LogP contribution in [0.5, 0.6) is 5.75 Å². The summed E-state index contributed by atoms with van der Waals surface area (Å²) in [6, 6.07) is 11.1. The van der Waals surface area contributed by atoms with E-state index >= 15 is 0 Å². The molecule has 166 valence electrons. The number of esters is 1. The summed E-state index contributed by atoms with van der Waals surface area (Å²) in [7, 11) is -3.60. The van der Waals surface area contributed by atoms with Crippen molar-refractivity contribution in [3.8, 4) is 5.75 Å². The number of hydrogen-bond donors (Lipinski definition) is 2. The van der Waals surface area contributed by atoms with Gasteiger partial charge in [-0.15, -0.1) is 0 Å². The summed E-state index contributed by atoms with van der Waals surface area (Å²) >= 11 is 0. The predicted molar refractivity (Wildman–Crippen MR) is 113 cm³/mol. The molecule has 0 saturated heterocycles. The Morgan fingerprint density at radius 2 is 1.97 bits per heavy atom. The second kappa shape index (κ2) is 8.79. The molecule has 0 saturated carbocycles. The summed E-state index contributed by atoms with van der Waals surface area (Å²) in [4.78, 5) is 40.0. The molecule has 2 aromatic rings. The van der Waals surface area contributed by atoms with Crippen molar-refractivity contribution in [2.24, 2.45) is 4.99 Å². The van der Waals surface area contributed by atoms with E-state index in [4.69, 9.17) is 9.47 Å². The van der Waals surface area contributed by atoms with Crippen LogP contribution in [-0.4, -0.2) is 51.7 Å². The van der Waals surface area contributed by atoms with Crippen molar-refractivity contribution < 1.29 is 32.3 Å². The van der Waals surface area contributed by atoms with Crippen LogP contribution in [0.25, 0.3) is 0 Å². The molecule has 10 nitrogen and oxygen atoms in total. The Labute approximate surface area is 183 Å². The first-order chi connectivity index (χ1) is 15.3. The first kappa shape index (κ1) is 21.5. The molecule has 2 heterocycles. The largest absolute Gasteiger partial charge is 0.482 e. The predicted octanol–water partition coefficient (Wildman–Crippen LogP) is 1.26. The number of amides is 1. The van der Waals surface area contributed by atoms with Crippen LogP contribution >= 0.6 is 0 Å². The van der Waals surface area contributed by atoms with Gasteiger partial charge in [0, 0.05) is 24.1 Å². The quantitative estimate of drug-likeness (QED) is 0.362. The van der Waals surface area contributed by atoms with Crippen molar-refractivity contribution in [3.63, 3.8) is 0 Å². The molecule has 0 aromatic heterocycles. The Morgan fingerprint density at radius 3 is 2.81 bits per heavy atom. The number of ether oxygens (including phenoxy) is 2. The SMILES string of the molecule is O=C1COc2ccc(C(=O)COC(=O)CCCN=C3NS(=O)(=O)c4ccccc43)cc2N1. The molecule has 0 radical (unpaired) electrons. The zero-order chi connectivity index (χ0) is 22.7. The molecule has 0 aliphatic carbocycles. The fraction of sp³-hybridized carbons (Fsp3) is 0.238. The summed E-state index contributed by atoms with van der Waals surface area (Å²) in [5.74, 6) is -0.593. The maximum atomic E-state index is 12.3. The van der Waals surface area contributed by atoms with Gasteiger partial charge in [-0.1, -0.05) is 12.1 Å². The molecule has 0 bridgehead atoms. The lowest BCUT2D eigenvalue weighted by Crippen LogP contribution is -2.25. The highest BCUT2D eigenvalue weighted by atomic mass is 32.2. The van der Waals surface area contributed by atoms with E-state index < -0.39 is 28.4 Å². The van der Waals surface area contributed by atoms with Gasteiger partial charge in [0.1, 0.15) is 11.6 Å². The Kier molecular flexibility index (Phi) is 5.91. The van der Waals surface area contributed by atoms with Gasteiger partial charge < -0.3 is 14.8 Å². The van der Waals surface area contributed by atoms with Crippen molar-refractivity contribution in [1.82, 2.24) is 4.72 Å². The Morgan fingerprint density at radius 1 is 1.16 bits per heavy atom. The molecule has 2 aliphatic heterocycles. The minimum absolute atomic E-state index is 0.0204. The molecular formula is C21H19N3O7S. The van der Waals surface area contributed by atoms with Crippen LogP contribution in [0.3, 0.4) is 0 Å². The van der Waals surface area contributed by atoms with Crippen LogP contribution in [0, 0.1) is 0 Å². The number of benzene rings is 2. The monoisotopic (exact) mass is 457 g/mol. The van der Waals surface area contributed by atoms with Crippen molar-refractivity contribution in [1.29, 1.82) is 0 Å². The fourth-order valence-electron chi connectivity index (χ4n) is 3.22. The van der Waals surface area contributed by atoms with Crippen molar-refractivity contribution in [2.45, 2.75) is 17.7 Å². The van der Waals surface area contributed by atoms with E-state index in [1.165, 1.54) is 18.2 Å². The molecular weight excluding hydrogens is 438 g/mol. The number of ketones is 1. The van der Waals surface area contributed by atoms with E-state index in [0.29, 0.717) is 23.4 Å². The summed E-state index contributed by atoms with van der Waals surface area (Å²) in [6.07, 6.45) is 0.342. The normalized spacial score (nSPS) is 16.9. The molecule has 0 atom stereocenters.